The molecule has 0 unspecified atom stereocenters. The van der Waals surface area contributed by atoms with Crippen molar-refractivity contribution in [2.24, 2.45) is 7.05 Å². The molecule has 1 aromatic carbocycles. The fraction of sp³-hybridized carbons (Fsp3) is 0.125. The lowest BCUT2D eigenvalue weighted by Crippen LogP contribution is -2.24. The number of carboxylic acid groups (broad SMARTS) is 1. The number of halogens is 2. The summed E-state index contributed by atoms with van der Waals surface area (Å²) in [5.74, 6) is -1.67. The topological polar surface area (TPSA) is 72.4 Å². The summed E-state index contributed by atoms with van der Waals surface area (Å²) in [5.41, 5.74) is 0.0325. The van der Waals surface area contributed by atoms with Crippen molar-refractivity contribution in [3.05, 3.63) is 67.1 Å². The molecule has 3 aromatic rings. The number of carboxylic acids is 1. The summed E-state index contributed by atoms with van der Waals surface area (Å²) < 4.78 is 21.2. The summed E-state index contributed by atoms with van der Waals surface area (Å²) in [5, 5.41) is 9.71. The number of hydrogen-bond donors (Lipinski definition) is 1. The highest BCUT2D eigenvalue weighted by Gasteiger charge is 2.23. The minimum atomic E-state index is -1.22. The Morgan fingerprint density at radius 3 is 2.78 bits per heavy atom. The van der Waals surface area contributed by atoms with Crippen LogP contribution in [0.1, 0.15) is 21.6 Å². The third-order valence-corrected chi connectivity index (χ3v) is 4.38. The van der Waals surface area contributed by atoms with Crippen molar-refractivity contribution < 1.29 is 18.7 Å². The van der Waals surface area contributed by atoms with Crippen LogP contribution in [0, 0.1) is 9.39 Å². The van der Waals surface area contributed by atoms with E-state index in [0.717, 1.165) is 3.57 Å². The molecule has 23 heavy (non-hydrogen) atoms. The van der Waals surface area contributed by atoms with E-state index in [1.54, 1.807) is 12.1 Å². The van der Waals surface area contributed by atoms with Crippen molar-refractivity contribution in [2.45, 2.75) is 6.42 Å². The Hall–Kier alpha value is -2.16. The first-order valence-corrected chi connectivity index (χ1v) is 7.74. The SMILES string of the molecule is Cn1c(Cc2ccc(I)cc2F)c(C(=O)O)c2occc2c1=O. The van der Waals surface area contributed by atoms with E-state index in [4.69, 9.17) is 4.42 Å². The fourth-order valence-corrected chi connectivity index (χ4v) is 3.00. The van der Waals surface area contributed by atoms with Crippen LogP contribution in [0.25, 0.3) is 11.0 Å². The van der Waals surface area contributed by atoms with Crippen LogP contribution in [0.5, 0.6) is 0 Å². The number of nitrogens with zero attached hydrogens (tertiary/aromatic N) is 1. The molecule has 0 saturated carbocycles. The second kappa shape index (κ2) is 5.80. The van der Waals surface area contributed by atoms with E-state index < -0.39 is 11.8 Å². The monoisotopic (exact) mass is 427 g/mol. The van der Waals surface area contributed by atoms with Gasteiger partial charge in [-0.05, 0) is 46.4 Å². The quantitative estimate of drug-likeness (QED) is 0.652. The lowest BCUT2D eigenvalue weighted by atomic mass is 10.0. The van der Waals surface area contributed by atoms with Gasteiger partial charge in [-0.25, -0.2) is 9.18 Å². The molecule has 0 aliphatic rings. The average Bonchev–Trinajstić information content (AvgIpc) is 2.96. The third-order valence-electron chi connectivity index (χ3n) is 3.71. The maximum atomic E-state index is 14.1. The van der Waals surface area contributed by atoms with Crippen LogP contribution in [-0.2, 0) is 13.5 Å². The Morgan fingerprint density at radius 2 is 2.13 bits per heavy atom. The standard InChI is InChI=1S/C16H11FINO4/c1-19-12(6-8-2-3-9(18)7-11(8)17)13(16(21)22)14-10(15(19)20)4-5-23-14/h2-5,7H,6H2,1H3,(H,21,22). The largest absolute Gasteiger partial charge is 0.477 e. The molecule has 0 atom stereocenters. The molecule has 2 heterocycles. The minimum absolute atomic E-state index is 0.0153. The Morgan fingerprint density at radius 1 is 1.39 bits per heavy atom. The number of fused-ring (bicyclic) bond motifs is 1. The van der Waals surface area contributed by atoms with Gasteiger partial charge in [0.15, 0.2) is 5.58 Å². The number of rotatable bonds is 3. The molecule has 1 N–H and O–H groups in total. The molecule has 0 aliphatic carbocycles. The highest BCUT2D eigenvalue weighted by molar-refractivity contribution is 14.1. The number of hydrogen-bond acceptors (Lipinski definition) is 3. The molecule has 118 valence electrons. The van der Waals surface area contributed by atoms with Gasteiger partial charge in [-0.15, -0.1) is 0 Å². The highest BCUT2D eigenvalue weighted by Crippen LogP contribution is 2.24. The number of furan rings is 1. The zero-order chi connectivity index (χ0) is 16.7. The van der Waals surface area contributed by atoms with Crippen LogP contribution >= 0.6 is 22.6 Å². The second-order valence-corrected chi connectivity index (χ2v) is 6.31. The summed E-state index contributed by atoms with van der Waals surface area (Å²) in [6.07, 6.45) is 1.25. The van der Waals surface area contributed by atoms with Crippen molar-refractivity contribution in [3.63, 3.8) is 0 Å². The molecule has 0 radical (unpaired) electrons. The van der Waals surface area contributed by atoms with Crippen LogP contribution in [0.15, 0.2) is 39.7 Å². The second-order valence-electron chi connectivity index (χ2n) is 5.07. The Labute approximate surface area is 143 Å². The summed E-state index contributed by atoms with van der Waals surface area (Å²) >= 11 is 1.99. The fourth-order valence-electron chi connectivity index (χ4n) is 2.55. The van der Waals surface area contributed by atoms with Crippen LogP contribution in [-0.4, -0.2) is 15.6 Å². The minimum Gasteiger partial charge on any atom is -0.477 e. The van der Waals surface area contributed by atoms with Gasteiger partial charge in [0.1, 0.15) is 11.4 Å². The van der Waals surface area contributed by atoms with Crippen LogP contribution in [0.4, 0.5) is 4.39 Å². The van der Waals surface area contributed by atoms with Crippen molar-refractivity contribution in [3.8, 4) is 0 Å². The van der Waals surface area contributed by atoms with Gasteiger partial charge in [-0.1, -0.05) is 6.07 Å². The average molecular weight is 427 g/mol. The first-order chi connectivity index (χ1) is 10.9. The molecule has 0 spiro atoms. The lowest BCUT2D eigenvalue weighted by Gasteiger charge is -2.13. The van der Waals surface area contributed by atoms with Gasteiger partial charge < -0.3 is 14.1 Å². The molecule has 0 bridgehead atoms. The summed E-state index contributed by atoms with van der Waals surface area (Å²) in [6.45, 7) is 0. The van der Waals surface area contributed by atoms with Crippen LogP contribution in [0.3, 0.4) is 0 Å². The molecule has 7 heteroatoms. The van der Waals surface area contributed by atoms with Crippen LogP contribution in [0.2, 0.25) is 0 Å². The molecule has 5 nitrogen and oxygen atoms in total. The zero-order valence-corrected chi connectivity index (χ0v) is 14.1. The van der Waals surface area contributed by atoms with E-state index in [1.165, 1.54) is 30.0 Å². The van der Waals surface area contributed by atoms with Gasteiger partial charge in [-0.2, -0.15) is 0 Å². The molecule has 0 fully saturated rings. The number of carbonyl (C=O) groups is 1. The Bertz CT molecular complexity index is 990. The van der Waals surface area contributed by atoms with Gasteiger partial charge in [0.2, 0.25) is 0 Å². The van der Waals surface area contributed by atoms with E-state index in [2.05, 4.69) is 0 Å². The maximum Gasteiger partial charge on any atom is 0.341 e. The molecule has 2 aromatic heterocycles. The normalized spacial score (nSPS) is 11.1. The van der Waals surface area contributed by atoms with E-state index in [9.17, 15) is 19.1 Å². The third kappa shape index (κ3) is 2.65. The van der Waals surface area contributed by atoms with Crippen LogP contribution < -0.4 is 5.56 Å². The van der Waals surface area contributed by atoms with Gasteiger partial charge in [0, 0.05) is 22.7 Å². The summed E-state index contributed by atoms with van der Waals surface area (Å²) in [4.78, 5) is 24.0. The summed E-state index contributed by atoms with van der Waals surface area (Å²) in [7, 11) is 1.47. The molecule has 0 amide bonds. The predicted octanol–water partition coefficient (Wildman–Crippen LogP) is 3.16. The molecular formula is C16H11FINO4. The van der Waals surface area contributed by atoms with Crippen molar-refractivity contribution in [2.75, 3.05) is 0 Å². The number of aromatic carboxylic acids is 1. The molecular weight excluding hydrogens is 416 g/mol. The number of benzene rings is 1. The molecule has 0 aliphatic heterocycles. The summed E-state index contributed by atoms with van der Waals surface area (Å²) in [6, 6.07) is 6.10. The van der Waals surface area contributed by atoms with Gasteiger partial charge in [-0.3, -0.25) is 4.79 Å². The Kier molecular flexibility index (Phi) is 3.97. The van der Waals surface area contributed by atoms with Crippen molar-refractivity contribution in [1.82, 2.24) is 4.57 Å². The van der Waals surface area contributed by atoms with Crippen molar-refractivity contribution in [1.29, 1.82) is 0 Å². The predicted molar refractivity (Wildman–Crippen MR) is 90.3 cm³/mol. The molecule has 3 rings (SSSR count). The van der Waals surface area contributed by atoms with E-state index >= 15 is 0 Å². The Balaban J connectivity index is 2.27. The molecule has 0 saturated heterocycles. The zero-order valence-electron chi connectivity index (χ0n) is 12.0. The number of aromatic nitrogens is 1. The number of pyridine rings is 1. The van der Waals surface area contributed by atoms with E-state index in [0.29, 0.717) is 5.56 Å². The van der Waals surface area contributed by atoms with E-state index in [-0.39, 0.29) is 34.2 Å². The first-order valence-electron chi connectivity index (χ1n) is 6.66. The van der Waals surface area contributed by atoms with E-state index in [1.807, 2.05) is 22.6 Å². The highest BCUT2D eigenvalue weighted by atomic mass is 127. The van der Waals surface area contributed by atoms with Gasteiger partial charge in [0.05, 0.1) is 11.6 Å². The van der Waals surface area contributed by atoms with Gasteiger partial charge in [0.25, 0.3) is 5.56 Å². The smallest absolute Gasteiger partial charge is 0.341 e. The lowest BCUT2D eigenvalue weighted by molar-refractivity contribution is 0.0695. The van der Waals surface area contributed by atoms with Gasteiger partial charge >= 0.3 is 5.97 Å². The maximum absolute atomic E-state index is 14.1. The van der Waals surface area contributed by atoms with Crippen molar-refractivity contribution >= 4 is 39.5 Å². The first kappa shape index (κ1) is 15.7.